The van der Waals surface area contributed by atoms with E-state index < -0.39 is 0 Å². The number of rotatable bonds is 1. The van der Waals surface area contributed by atoms with Crippen LogP contribution >= 0.6 is 0 Å². The van der Waals surface area contributed by atoms with Crippen LogP contribution in [0, 0.1) is 23.2 Å². The fourth-order valence-electron chi connectivity index (χ4n) is 5.04. The zero-order valence-corrected chi connectivity index (χ0v) is 13.2. The minimum Gasteiger partial charge on any atom is -0.353 e. The highest BCUT2D eigenvalue weighted by Gasteiger charge is 2.47. The Balaban J connectivity index is 1.48. The van der Waals surface area contributed by atoms with Crippen LogP contribution in [0.5, 0.6) is 0 Å². The van der Waals surface area contributed by atoms with Gasteiger partial charge < -0.3 is 4.90 Å². The number of nitriles is 1. The number of nitrogens with zero attached hydrogens (tertiary/aromatic N) is 5. The van der Waals surface area contributed by atoms with Gasteiger partial charge in [-0.15, -0.1) is 0 Å². The molecule has 3 aliphatic heterocycles. The van der Waals surface area contributed by atoms with Gasteiger partial charge in [0.05, 0.1) is 0 Å². The maximum atomic E-state index is 9.61. The minimum absolute atomic E-state index is 0.682. The predicted octanol–water partition coefficient (Wildman–Crippen LogP) is 2.13. The average molecular weight is 307 g/mol. The summed E-state index contributed by atoms with van der Waals surface area (Å²) < 4.78 is 1.91. The Morgan fingerprint density at radius 3 is 3.04 bits per heavy atom. The molecule has 0 spiro atoms. The Morgan fingerprint density at radius 2 is 2.13 bits per heavy atom. The highest BCUT2D eigenvalue weighted by Crippen LogP contribution is 2.42. The first-order chi connectivity index (χ1) is 11.3. The Bertz CT molecular complexity index is 788. The van der Waals surface area contributed by atoms with Crippen molar-refractivity contribution < 1.29 is 0 Å². The van der Waals surface area contributed by atoms with Gasteiger partial charge in [-0.05, 0) is 43.4 Å². The third-order valence-corrected chi connectivity index (χ3v) is 6.04. The number of hydrogen-bond acceptors (Lipinski definition) is 4. The number of pyridine rings is 1. The monoisotopic (exact) mass is 307 g/mol. The molecule has 0 bridgehead atoms. The van der Waals surface area contributed by atoms with E-state index in [4.69, 9.17) is 4.98 Å². The number of aromatic nitrogens is 2. The van der Waals surface area contributed by atoms with Gasteiger partial charge in [0.1, 0.15) is 11.7 Å². The van der Waals surface area contributed by atoms with Gasteiger partial charge >= 0.3 is 0 Å². The van der Waals surface area contributed by atoms with Crippen molar-refractivity contribution in [3.63, 3.8) is 0 Å². The van der Waals surface area contributed by atoms with Crippen LogP contribution in [0.15, 0.2) is 24.4 Å². The van der Waals surface area contributed by atoms with Crippen molar-refractivity contribution in [3.05, 3.63) is 30.1 Å². The molecule has 118 valence electrons. The summed E-state index contributed by atoms with van der Waals surface area (Å²) in [5.41, 5.74) is 1.55. The van der Waals surface area contributed by atoms with Gasteiger partial charge in [-0.2, -0.15) is 5.26 Å². The average Bonchev–Trinajstić information content (AvgIpc) is 3.24. The van der Waals surface area contributed by atoms with Crippen LogP contribution in [0.3, 0.4) is 0 Å². The quantitative estimate of drug-likeness (QED) is 0.810. The SMILES string of the molecule is N#Cc1c(N2C[C@@H]3CN4CCCC[C@@H]4[C@@H]3C2)nc2ccccn12. The zero-order valence-electron chi connectivity index (χ0n) is 13.2. The largest absolute Gasteiger partial charge is 0.353 e. The fourth-order valence-corrected chi connectivity index (χ4v) is 5.04. The van der Waals surface area contributed by atoms with Gasteiger partial charge in [0.15, 0.2) is 11.5 Å². The van der Waals surface area contributed by atoms with Crippen molar-refractivity contribution in [1.82, 2.24) is 14.3 Å². The third-order valence-electron chi connectivity index (χ3n) is 6.04. The molecule has 5 heterocycles. The first-order valence-corrected chi connectivity index (χ1v) is 8.71. The maximum Gasteiger partial charge on any atom is 0.169 e. The maximum absolute atomic E-state index is 9.61. The highest BCUT2D eigenvalue weighted by atomic mass is 15.3. The zero-order chi connectivity index (χ0) is 15.4. The molecular weight excluding hydrogens is 286 g/mol. The van der Waals surface area contributed by atoms with Crippen LogP contribution in [0.2, 0.25) is 0 Å². The van der Waals surface area contributed by atoms with E-state index in [0.717, 1.165) is 42.4 Å². The number of anilines is 1. The molecule has 0 aliphatic carbocycles. The molecule has 2 aromatic heterocycles. The molecule has 5 nitrogen and oxygen atoms in total. The predicted molar refractivity (Wildman–Crippen MR) is 88.3 cm³/mol. The molecule has 23 heavy (non-hydrogen) atoms. The van der Waals surface area contributed by atoms with Crippen molar-refractivity contribution in [2.75, 3.05) is 31.1 Å². The second kappa shape index (κ2) is 4.97. The molecule has 0 radical (unpaired) electrons. The van der Waals surface area contributed by atoms with Crippen molar-refractivity contribution >= 4 is 11.5 Å². The normalized spacial score (nSPS) is 30.4. The molecule has 3 fully saturated rings. The van der Waals surface area contributed by atoms with Gasteiger partial charge in [0.2, 0.25) is 0 Å². The molecule has 0 unspecified atom stereocenters. The Kier molecular flexibility index (Phi) is 2.89. The third kappa shape index (κ3) is 1.91. The van der Waals surface area contributed by atoms with Crippen LogP contribution in [-0.2, 0) is 0 Å². The molecule has 0 N–H and O–H groups in total. The summed E-state index contributed by atoms with van der Waals surface area (Å²) in [5, 5.41) is 9.61. The summed E-state index contributed by atoms with van der Waals surface area (Å²) in [6.07, 6.45) is 6.03. The summed E-state index contributed by atoms with van der Waals surface area (Å²) in [5.74, 6) is 2.39. The lowest BCUT2D eigenvalue weighted by molar-refractivity contribution is 0.173. The van der Waals surface area contributed by atoms with E-state index in [2.05, 4.69) is 15.9 Å². The van der Waals surface area contributed by atoms with Gasteiger partial charge in [-0.1, -0.05) is 12.5 Å². The van der Waals surface area contributed by atoms with Crippen LogP contribution < -0.4 is 4.90 Å². The number of piperidine rings is 1. The molecule has 3 aliphatic rings. The van der Waals surface area contributed by atoms with E-state index >= 15 is 0 Å². The molecule has 0 amide bonds. The fraction of sp³-hybridized carbons (Fsp3) is 0.556. The van der Waals surface area contributed by atoms with Crippen molar-refractivity contribution in [2.45, 2.75) is 25.3 Å². The summed E-state index contributed by atoms with van der Waals surface area (Å²) in [7, 11) is 0. The lowest BCUT2D eigenvalue weighted by atomic mass is 9.90. The van der Waals surface area contributed by atoms with Crippen LogP contribution in [0.25, 0.3) is 5.65 Å². The van der Waals surface area contributed by atoms with E-state index in [1.54, 1.807) is 0 Å². The lowest BCUT2D eigenvalue weighted by Crippen LogP contribution is -2.40. The van der Waals surface area contributed by atoms with E-state index in [0.29, 0.717) is 5.69 Å². The molecule has 5 heteroatoms. The summed E-state index contributed by atoms with van der Waals surface area (Å²) in [4.78, 5) is 9.83. The van der Waals surface area contributed by atoms with Crippen molar-refractivity contribution in [3.8, 4) is 6.07 Å². The van der Waals surface area contributed by atoms with Crippen molar-refractivity contribution in [2.24, 2.45) is 11.8 Å². The smallest absolute Gasteiger partial charge is 0.169 e. The second-order valence-corrected chi connectivity index (χ2v) is 7.21. The summed E-state index contributed by atoms with van der Waals surface area (Å²) in [6, 6.07) is 9.04. The van der Waals surface area contributed by atoms with Crippen LogP contribution in [-0.4, -0.2) is 46.5 Å². The van der Waals surface area contributed by atoms with Gasteiger partial charge in [-0.3, -0.25) is 9.30 Å². The standard InChI is InChI=1S/C18H21N5/c19-9-16-18(20-17-6-2-4-8-23(16)17)22-11-13-10-21-7-3-1-5-15(21)14(13)12-22/h2,4,6,8,13-15H,1,3,5,7,10-12H2/t13-,14+,15+/m0/s1. The molecule has 0 aromatic carbocycles. The Hall–Kier alpha value is -2.06. The first kappa shape index (κ1) is 13.4. The lowest BCUT2D eigenvalue weighted by Gasteiger charge is -2.33. The molecule has 5 rings (SSSR count). The molecule has 2 aromatic rings. The van der Waals surface area contributed by atoms with E-state index in [9.17, 15) is 5.26 Å². The molecule has 3 saturated heterocycles. The number of fused-ring (bicyclic) bond motifs is 4. The minimum atomic E-state index is 0.682. The number of imidazole rings is 1. The Morgan fingerprint density at radius 1 is 1.17 bits per heavy atom. The molecule has 0 saturated carbocycles. The first-order valence-electron chi connectivity index (χ1n) is 8.71. The van der Waals surface area contributed by atoms with Gasteiger partial charge in [-0.25, -0.2) is 4.98 Å². The second-order valence-electron chi connectivity index (χ2n) is 7.21. The Labute approximate surface area is 136 Å². The van der Waals surface area contributed by atoms with E-state index in [1.165, 1.54) is 32.4 Å². The topological polar surface area (TPSA) is 47.6 Å². The molecular formula is C18H21N5. The van der Waals surface area contributed by atoms with Crippen LogP contribution in [0.4, 0.5) is 5.82 Å². The van der Waals surface area contributed by atoms with Crippen molar-refractivity contribution in [1.29, 1.82) is 5.26 Å². The molecule has 3 atom stereocenters. The van der Waals surface area contributed by atoms with Crippen LogP contribution in [0.1, 0.15) is 25.0 Å². The van der Waals surface area contributed by atoms with E-state index in [-0.39, 0.29) is 0 Å². The van der Waals surface area contributed by atoms with E-state index in [1.807, 2.05) is 28.8 Å². The van der Waals surface area contributed by atoms with Gasteiger partial charge in [0, 0.05) is 31.9 Å². The summed E-state index contributed by atoms with van der Waals surface area (Å²) >= 11 is 0. The highest BCUT2D eigenvalue weighted by molar-refractivity contribution is 5.61. The number of hydrogen-bond donors (Lipinski definition) is 0. The summed E-state index contributed by atoms with van der Waals surface area (Å²) in [6.45, 7) is 4.64. The van der Waals surface area contributed by atoms with Gasteiger partial charge in [0.25, 0.3) is 0 Å².